The minimum absolute atomic E-state index is 0.127. The second kappa shape index (κ2) is 15.1. The minimum atomic E-state index is -0.799. The molecule has 1 aliphatic rings. The lowest BCUT2D eigenvalue weighted by Gasteiger charge is -2.37. The van der Waals surface area contributed by atoms with Crippen molar-refractivity contribution < 1.29 is 19.1 Å². The lowest BCUT2D eigenvalue weighted by molar-refractivity contribution is -0.144. The Bertz CT molecular complexity index is 887. The van der Waals surface area contributed by atoms with Crippen molar-refractivity contribution in [2.24, 2.45) is 5.92 Å². The van der Waals surface area contributed by atoms with Gasteiger partial charge in [0.05, 0.1) is 0 Å². The Morgan fingerprint density at radius 3 is 2.18 bits per heavy atom. The van der Waals surface area contributed by atoms with Crippen LogP contribution in [0.25, 0.3) is 0 Å². The molecule has 7 heteroatoms. The predicted octanol–water partition coefficient (Wildman–Crippen LogP) is 6.31. The molecule has 3 amide bonds. The lowest BCUT2D eigenvalue weighted by Crippen LogP contribution is -2.56. The molecule has 3 unspecified atom stereocenters. The van der Waals surface area contributed by atoms with Crippen molar-refractivity contribution in [3.63, 3.8) is 0 Å². The number of benzene rings is 1. The van der Waals surface area contributed by atoms with Crippen LogP contribution in [0, 0.1) is 5.92 Å². The van der Waals surface area contributed by atoms with Gasteiger partial charge in [0.2, 0.25) is 11.8 Å². The summed E-state index contributed by atoms with van der Waals surface area (Å²) in [6.07, 6.45) is 7.94. The third-order valence-corrected chi connectivity index (χ3v) is 7.40. The average Bonchev–Trinajstić information content (AvgIpc) is 2.88. The molecule has 2 rings (SSSR count). The van der Waals surface area contributed by atoms with E-state index in [1.54, 1.807) is 25.7 Å². The summed E-state index contributed by atoms with van der Waals surface area (Å²) in [5, 5.41) is 6.11. The SMILES string of the molecule is CCCCN(C(=O)C(NC(=O)OC(C)(C)C)C(C)CC)C(C(=O)NC1CCCCC1)c1ccc(CC)cc1. The van der Waals surface area contributed by atoms with Gasteiger partial charge in [-0.25, -0.2) is 4.79 Å². The molecule has 0 heterocycles. The number of ether oxygens (including phenoxy) is 1. The molecule has 7 nitrogen and oxygen atoms in total. The number of amides is 3. The maximum Gasteiger partial charge on any atom is 0.408 e. The number of unbranched alkanes of at least 4 members (excludes halogenated alkanes) is 1. The van der Waals surface area contributed by atoms with Gasteiger partial charge in [-0.3, -0.25) is 9.59 Å². The molecule has 1 aromatic carbocycles. The molecule has 0 aliphatic heterocycles. The summed E-state index contributed by atoms with van der Waals surface area (Å²) in [4.78, 5) is 42.6. The fourth-order valence-corrected chi connectivity index (χ4v) is 4.93. The highest BCUT2D eigenvalue weighted by Crippen LogP contribution is 2.27. The molecule has 1 aliphatic carbocycles. The van der Waals surface area contributed by atoms with Crippen LogP contribution in [0.2, 0.25) is 0 Å². The van der Waals surface area contributed by atoms with E-state index in [0.29, 0.717) is 13.0 Å². The molecule has 0 saturated heterocycles. The monoisotopic (exact) mass is 529 g/mol. The van der Waals surface area contributed by atoms with Crippen LogP contribution in [0.15, 0.2) is 24.3 Å². The Morgan fingerprint density at radius 1 is 1.03 bits per heavy atom. The molecule has 214 valence electrons. The quantitative estimate of drug-likeness (QED) is 0.332. The van der Waals surface area contributed by atoms with Crippen LogP contribution in [0.3, 0.4) is 0 Å². The second-order valence-electron chi connectivity index (χ2n) is 11.7. The predicted molar refractivity (Wildman–Crippen MR) is 153 cm³/mol. The Kier molecular flexibility index (Phi) is 12.6. The van der Waals surface area contributed by atoms with Crippen LogP contribution >= 0.6 is 0 Å². The number of alkyl carbamates (subject to hydrolysis) is 1. The largest absolute Gasteiger partial charge is 0.444 e. The molecule has 0 aromatic heterocycles. The molecular formula is C31H51N3O4. The van der Waals surface area contributed by atoms with Gasteiger partial charge in [-0.15, -0.1) is 0 Å². The van der Waals surface area contributed by atoms with Crippen molar-refractivity contribution in [1.82, 2.24) is 15.5 Å². The molecule has 2 N–H and O–H groups in total. The van der Waals surface area contributed by atoms with E-state index in [0.717, 1.165) is 50.5 Å². The number of rotatable bonds is 12. The van der Waals surface area contributed by atoms with Gasteiger partial charge in [-0.2, -0.15) is 0 Å². The molecule has 1 fully saturated rings. The summed E-state index contributed by atoms with van der Waals surface area (Å²) in [7, 11) is 0. The maximum absolute atomic E-state index is 14.3. The minimum Gasteiger partial charge on any atom is -0.444 e. The van der Waals surface area contributed by atoms with Gasteiger partial charge in [0, 0.05) is 12.6 Å². The fraction of sp³-hybridized carbons (Fsp3) is 0.710. The highest BCUT2D eigenvalue weighted by Gasteiger charge is 2.38. The molecule has 0 bridgehead atoms. The Labute approximate surface area is 230 Å². The fourth-order valence-electron chi connectivity index (χ4n) is 4.93. The number of nitrogens with one attached hydrogen (secondary N) is 2. The summed E-state index contributed by atoms with van der Waals surface area (Å²) < 4.78 is 5.49. The Balaban J connectivity index is 2.47. The molecule has 0 radical (unpaired) electrons. The van der Waals surface area contributed by atoms with Gasteiger partial charge in [0.25, 0.3) is 0 Å². The molecule has 1 saturated carbocycles. The van der Waals surface area contributed by atoms with E-state index in [9.17, 15) is 14.4 Å². The van der Waals surface area contributed by atoms with Crippen molar-refractivity contribution in [2.45, 2.75) is 130 Å². The summed E-state index contributed by atoms with van der Waals surface area (Å²) in [5.74, 6) is -0.531. The first kappa shape index (κ1) is 31.6. The number of carbonyl (C=O) groups is 3. The Hall–Kier alpha value is -2.57. The summed E-state index contributed by atoms with van der Waals surface area (Å²) in [5.41, 5.74) is 1.29. The smallest absolute Gasteiger partial charge is 0.408 e. The lowest BCUT2D eigenvalue weighted by atomic mass is 9.93. The van der Waals surface area contributed by atoms with Crippen molar-refractivity contribution >= 4 is 17.9 Å². The third kappa shape index (κ3) is 9.63. The molecule has 0 spiro atoms. The van der Waals surface area contributed by atoms with E-state index in [2.05, 4.69) is 24.5 Å². The van der Waals surface area contributed by atoms with Crippen molar-refractivity contribution in [1.29, 1.82) is 0 Å². The number of carbonyl (C=O) groups excluding carboxylic acids is 3. The van der Waals surface area contributed by atoms with Crippen LogP contribution < -0.4 is 10.6 Å². The standard InChI is InChI=1S/C31H51N3O4/c1-8-11-21-34(29(36)26(22(4)9-2)33-30(37)38-31(5,6)7)27(24-19-17-23(10-3)18-20-24)28(35)32-25-15-13-12-14-16-25/h17-20,22,25-27H,8-16,21H2,1-7H3,(H,32,35)(H,33,37). The van der Waals surface area contributed by atoms with Crippen LogP contribution in [0.1, 0.15) is 117 Å². The molecule has 38 heavy (non-hydrogen) atoms. The van der Waals surface area contributed by atoms with E-state index in [1.807, 2.05) is 38.1 Å². The topological polar surface area (TPSA) is 87.7 Å². The highest BCUT2D eigenvalue weighted by molar-refractivity contribution is 5.92. The number of hydrogen-bond donors (Lipinski definition) is 2. The van der Waals surface area contributed by atoms with E-state index >= 15 is 0 Å². The van der Waals surface area contributed by atoms with Crippen molar-refractivity contribution in [3.05, 3.63) is 35.4 Å². The summed E-state index contributed by atoms with van der Waals surface area (Å²) in [6, 6.07) is 6.56. The molecule has 3 atom stereocenters. The van der Waals surface area contributed by atoms with Crippen LogP contribution in [-0.4, -0.2) is 47.0 Å². The first-order valence-electron chi connectivity index (χ1n) is 14.7. The highest BCUT2D eigenvalue weighted by atomic mass is 16.6. The van der Waals surface area contributed by atoms with Gasteiger partial charge >= 0.3 is 6.09 Å². The van der Waals surface area contributed by atoms with E-state index < -0.39 is 23.8 Å². The summed E-state index contributed by atoms with van der Waals surface area (Å²) >= 11 is 0. The first-order valence-corrected chi connectivity index (χ1v) is 14.7. The maximum atomic E-state index is 14.3. The van der Waals surface area contributed by atoms with Gasteiger partial charge < -0.3 is 20.3 Å². The van der Waals surface area contributed by atoms with Gasteiger partial charge in [0.1, 0.15) is 17.7 Å². The van der Waals surface area contributed by atoms with E-state index in [1.165, 1.54) is 12.0 Å². The zero-order valence-electron chi connectivity index (χ0n) is 24.8. The van der Waals surface area contributed by atoms with Crippen LogP contribution in [0.5, 0.6) is 0 Å². The summed E-state index contributed by atoms with van der Waals surface area (Å²) in [6.45, 7) is 13.9. The average molecular weight is 530 g/mol. The number of aryl methyl sites for hydroxylation is 1. The number of hydrogen-bond acceptors (Lipinski definition) is 4. The first-order chi connectivity index (χ1) is 18.0. The van der Waals surface area contributed by atoms with Gasteiger partial charge in [-0.05, 0) is 63.5 Å². The third-order valence-electron chi connectivity index (χ3n) is 7.40. The number of nitrogens with zero attached hydrogens (tertiary/aromatic N) is 1. The molecule has 1 aromatic rings. The molecular weight excluding hydrogens is 478 g/mol. The van der Waals surface area contributed by atoms with Crippen molar-refractivity contribution in [3.8, 4) is 0 Å². The van der Waals surface area contributed by atoms with Gasteiger partial charge in [0.15, 0.2) is 0 Å². The van der Waals surface area contributed by atoms with E-state index in [-0.39, 0.29) is 23.8 Å². The van der Waals surface area contributed by atoms with Crippen LogP contribution in [0.4, 0.5) is 4.79 Å². The zero-order valence-corrected chi connectivity index (χ0v) is 24.8. The zero-order chi connectivity index (χ0) is 28.3. The van der Waals surface area contributed by atoms with E-state index in [4.69, 9.17) is 4.74 Å². The second-order valence-corrected chi connectivity index (χ2v) is 11.7. The normalized spacial score (nSPS) is 16.7. The van der Waals surface area contributed by atoms with Gasteiger partial charge in [-0.1, -0.05) is 84.1 Å². The van der Waals surface area contributed by atoms with Crippen LogP contribution in [-0.2, 0) is 20.7 Å². The van der Waals surface area contributed by atoms with Crippen molar-refractivity contribution in [2.75, 3.05) is 6.54 Å². The Morgan fingerprint density at radius 2 is 1.66 bits per heavy atom.